The predicted molar refractivity (Wildman–Crippen MR) is 60.7 cm³/mol. The Balaban J connectivity index is 2.52. The standard InChI is InChI=1S/C9H12N4O2S/c1-3-4-16(15)8-10-5-6-7(11-8)12-9(14)13(6)2/h5H,3-4H2,1-2H3,(H,10,11,12,14). The van der Waals surface area contributed by atoms with Gasteiger partial charge in [-0.25, -0.2) is 14.8 Å². The van der Waals surface area contributed by atoms with E-state index in [-0.39, 0.29) is 10.8 Å². The lowest BCUT2D eigenvalue weighted by Crippen LogP contribution is -2.11. The largest absolute Gasteiger partial charge is 0.327 e. The van der Waals surface area contributed by atoms with Gasteiger partial charge in [0.1, 0.15) is 5.52 Å². The molecular weight excluding hydrogens is 228 g/mol. The van der Waals surface area contributed by atoms with Crippen LogP contribution in [0.1, 0.15) is 13.3 Å². The van der Waals surface area contributed by atoms with Crippen LogP contribution >= 0.6 is 0 Å². The summed E-state index contributed by atoms with van der Waals surface area (Å²) < 4.78 is 13.1. The number of rotatable bonds is 3. The van der Waals surface area contributed by atoms with Crippen molar-refractivity contribution in [1.29, 1.82) is 0 Å². The number of aryl methyl sites for hydroxylation is 1. The minimum atomic E-state index is -1.19. The van der Waals surface area contributed by atoms with Crippen molar-refractivity contribution in [3.63, 3.8) is 0 Å². The Morgan fingerprint density at radius 1 is 1.56 bits per heavy atom. The highest BCUT2D eigenvalue weighted by Crippen LogP contribution is 2.07. The first-order chi connectivity index (χ1) is 7.63. The van der Waals surface area contributed by atoms with Gasteiger partial charge in [-0.15, -0.1) is 0 Å². The molecule has 16 heavy (non-hydrogen) atoms. The molecule has 1 unspecified atom stereocenters. The second kappa shape index (κ2) is 4.17. The Kier molecular flexibility index (Phi) is 2.86. The number of nitrogens with one attached hydrogen (secondary N) is 1. The van der Waals surface area contributed by atoms with E-state index in [4.69, 9.17) is 0 Å². The third kappa shape index (κ3) is 1.78. The number of aromatic amines is 1. The lowest BCUT2D eigenvalue weighted by molar-refractivity contribution is 0.675. The van der Waals surface area contributed by atoms with E-state index in [9.17, 15) is 9.00 Å². The summed E-state index contributed by atoms with van der Waals surface area (Å²) in [5.74, 6) is 0.530. The van der Waals surface area contributed by atoms with Crippen molar-refractivity contribution in [2.24, 2.45) is 7.05 Å². The fourth-order valence-corrected chi connectivity index (χ4v) is 2.29. The van der Waals surface area contributed by atoms with Crippen molar-refractivity contribution in [3.8, 4) is 0 Å². The molecule has 0 spiro atoms. The van der Waals surface area contributed by atoms with E-state index in [0.717, 1.165) is 6.42 Å². The lowest BCUT2D eigenvalue weighted by Gasteiger charge is -1.98. The lowest BCUT2D eigenvalue weighted by atomic mass is 10.5. The summed E-state index contributed by atoms with van der Waals surface area (Å²) >= 11 is 0. The molecule has 2 aromatic rings. The Labute approximate surface area is 94.2 Å². The summed E-state index contributed by atoms with van der Waals surface area (Å²) in [7, 11) is 0.442. The molecule has 7 heteroatoms. The molecule has 0 aliphatic rings. The van der Waals surface area contributed by atoms with E-state index in [2.05, 4.69) is 15.0 Å². The summed E-state index contributed by atoms with van der Waals surface area (Å²) in [4.78, 5) is 22.0. The van der Waals surface area contributed by atoms with Gasteiger partial charge in [0.05, 0.1) is 17.0 Å². The molecule has 1 N–H and O–H groups in total. The summed E-state index contributed by atoms with van der Waals surface area (Å²) in [5.41, 5.74) is 0.798. The van der Waals surface area contributed by atoms with E-state index in [1.807, 2.05) is 6.92 Å². The fourth-order valence-electron chi connectivity index (χ4n) is 1.38. The van der Waals surface area contributed by atoms with Crippen LogP contribution < -0.4 is 5.69 Å². The van der Waals surface area contributed by atoms with Gasteiger partial charge in [-0.2, -0.15) is 0 Å². The van der Waals surface area contributed by atoms with Crippen molar-refractivity contribution in [1.82, 2.24) is 19.5 Å². The molecule has 2 aromatic heterocycles. The fraction of sp³-hybridized carbons (Fsp3) is 0.444. The number of imidazole rings is 1. The molecule has 0 amide bonds. The Hall–Kier alpha value is -1.50. The van der Waals surface area contributed by atoms with Crippen molar-refractivity contribution < 1.29 is 4.21 Å². The monoisotopic (exact) mass is 240 g/mol. The molecule has 0 bridgehead atoms. The van der Waals surface area contributed by atoms with Gasteiger partial charge in [-0.05, 0) is 6.42 Å². The number of fused-ring (bicyclic) bond motifs is 1. The molecule has 0 aliphatic heterocycles. The Morgan fingerprint density at radius 3 is 3.00 bits per heavy atom. The molecule has 0 saturated carbocycles. The van der Waals surface area contributed by atoms with Crippen molar-refractivity contribution in [2.75, 3.05) is 5.75 Å². The smallest absolute Gasteiger partial charge is 0.292 e. The summed E-state index contributed by atoms with van der Waals surface area (Å²) in [6.45, 7) is 1.95. The highest BCUT2D eigenvalue weighted by atomic mass is 32.2. The first kappa shape index (κ1) is 11.0. The SMILES string of the molecule is CCCS(=O)c1ncc2c(n1)[nH]c(=O)n2C. The zero-order valence-electron chi connectivity index (χ0n) is 9.06. The van der Waals surface area contributed by atoms with Crippen LogP contribution in [-0.4, -0.2) is 29.5 Å². The number of nitrogens with zero attached hydrogens (tertiary/aromatic N) is 3. The number of hydrogen-bond acceptors (Lipinski definition) is 4. The summed E-state index contributed by atoms with van der Waals surface area (Å²) in [5, 5.41) is 0.274. The van der Waals surface area contributed by atoms with Crippen molar-refractivity contribution >= 4 is 22.0 Å². The molecule has 0 saturated heterocycles. The van der Waals surface area contributed by atoms with Crippen LogP contribution in [0.3, 0.4) is 0 Å². The third-order valence-electron chi connectivity index (χ3n) is 2.23. The normalized spacial score (nSPS) is 13.1. The molecule has 0 aliphatic carbocycles. The molecule has 0 aromatic carbocycles. The van der Waals surface area contributed by atoms with Crippen LogP contribution in [0.2, 0.25) is 0 Å². The maximum Gasteiger partial charge on any atom is 0.327 e. The molecule has 2 rings (SSSR count). The van der Waals surface area contributed by atoms with Crippen LogP contribution in [0.4, 0.5) is 0 Å². The van der Waals surface area contributed by atoms with E-state index in [1.54, 1.807) is 7.05 Å². The average Bonchev–Trinajstić information content (AvgIpc) is 2.55. The van der Waals surface area contributed by atoms with Crippen LogP contribution in [0.15, 0.2) is 16.1 Å². The van der Waals surface area contributed by atoms with Crippen LogP contribution in [0.5, 0.6) is 0 Å². The van der Waals surface area contributed by atoms with Gasteiger partial charge in [-0.3, -0.25) is 13.8 Å². The highest BCUT2D eigenvalue weighted by Gasteiger charge is 2.10. The Bertz CT molecular complexity index is 601. The maximum absolute atomic E-state index is 11.7. The first-order valence-electron chi connectivity index (χ1n) is 4.93. The van der Waals surface area contributed by atoms with E-state index in [1.165, 1.54) is 10.8 Å². The quantitative estimate of drug-likeness (QED) is 0.776. The van der Waals surface area contributed by atoms with Gasteiger partial charge in [0.25, 0.3) is 0 Å². The van der Waals surface area contributed by atoms with Gasteiger partial charge < -0.3 is 0 Å². The molecular formula is C9H12N4O2S. The molecule has 6 nitrogen and oxygen atoms in total. The Morgan fingerprint density at radius 2 is 2.31 bits per heavy atom. The van der Waals surface area contributed by atoms with Gasteiger partial charge >= 0.3 is 5.69 Å². The maximum atomic E-state index is 11.7. The first-order valence-corrected chi connectivity index (χ1v) is 6.25. The number of hydrogen-bond donors (Lipinski definition) is 1. The van der Waals surface area contributed by atoms with Crippen molar-refractivity contribution in [2.45, 2.75) is 18.5 Å². The third-order valence-corrected chi connectivity index (χ3v) is 3.61. The minimum Gasteiger partial charge on any atom is -0.292 e. The van der Waals surface area contributed by atoms with Gasteiger partial charge in [0.2, 0.25) is 5.16 Å². The molecule has 2 heterocycles. The molecule has 1 atom stereocenters. The van der Waals surface area contributed by atoms with Gasteiger partial charge in [-0.1, -0.05) is 6.92 Å². The summed E-state index contributed by atoms with van der Waals surface area (Å²) in [6.07, 6.45) is 2.32. The van der Waals surface area contributed by atoms with E-state index in [0.29, 0.717) is 16.9 Å². The second-order valence-electron chi connectivity index (χ2n) is 3.43. The average molecular weight is 240 g/mol. The summed E-state index contributed by atoms with van der Waals surface area (Å²) in [6, 6.07) is 0. The van der Waals surface area contributed by atoms with E-state index >= 15 is 0 Å². The number of H-pyrrole nitrogens is 1. The van der Waals surface area contributed by atoms with Crippen molar-refractivity contribution in [3.05, 3.63) is 16.7 Å². The zero-order chi connectivity index (χ0) is 11.7. The number of aromatic nitrogens is 4. The predicted octanol–water partition coefficient (Wildman–Crippen LogP) is 0.174. The van der Waals surface area contributed by atoms with Gasteiger partial charge in [0.15, 0.2) is 5.65 Å². The molecule has 0 fully saturated rings. The molecule has 86 valence electrons. The van der Waals surface area contributed by atoms with Gasteiger partial charge in [0, 0.05) is 12.8 Å². The zero-order valence-corrected chi connectivity index (χ0v) is 9.87. The van der Waals surface area contributed by atoms with Crippen LogP contribution in [-0.2, 0) is 17.8 Å². The second-order valence-corrected chi connectivity index (χ2v) is 4.89. The molecule has 0 radical (unpaired) electrons. The topological polar surface area (TPSA) is 80.6 Å². The highest BCUT2D eigenvalue weighted by molar-refractivity contribution is 7.84. The minimum absolute atomic E-state index is 0.247. The van der Waals surface area contributed by atoms with E-state index < -0.39 is 10.8 Å². The van der Waals surface area contributed by atoms with Crippen LogP contribution in [0.25, 0.3) is 11.2 Å². The van der Waals surface area contributed by atoms with Crippen LogP contribution in [0, 0.1) is 0 Å².